The van der Waals surface area contributed by atoms with Crippen LogP contribution in [0, 0.1) is 6.92 Å². The van der Waals surface area contributed by atoms with Crippen molar-refractivity contribution in [2.75, 3.05) is 11.8 Å². The van der Waals surface area contributed by atoms with Crippen LogP contribution in [0.25, 0.3) is 11.5 Å². The molecule has 1 aromatic carbocycles. The second-order valence-corrected chi connectivity index (χ2v) is 9.00. The lowest BCUT2D eigenvalue weighted by Gasteiger charge is -2.11. The largest absolute Gasteiger partial charge is 0.495 e. The summed E-state index contributed by atoms with van der Waals surface area (Å²) in [7, 11) is -2.25. The van der Waals surface area contributed by atoms with E-state index >= 15 is 0 Å². The molecule has 0 saturated heterocycles. The Morgan fingerprint density at radius 2 is 2.08 bits per heavy atom. The molecular weight excluding hydrogens is 374 g/mol. The lowest BCUT2D eigenvalue weighted by atomic mass is 10.2. The van der Waals surface area contributed by atoms with Gasteiger partial charge in [-0.2, -0.15) is 0 Å². The number of aryl methyl sites for hydroxylation is 1. The molecule has 3 aromatic rings. The van der Waals surface area contributed by atoms with Crippen molar-refractivity contribution >= 4 is 27.0 Å². The van der Waals surface area contributed by atoms with E-state index in [-0.39, 0.29) is 4.21 Å². The number of thiophene rings is 1. The van der Waals surface area contributed by atoms with E-state index in [0.717, 1.165) is 29.7 Å². The van der Waals surface area contributed by atoms with E-state index in [0.29, 0.717) is 34.7 Å². The van der Waals surface area contributed by atoms with Crippen molar-refractivity contribution in [1.29, 1.82) is 0 Å². The van der Waals surface area contributed by atoms with Gasteiger partial charge in [-0.25, -0.2) is 8.42 Å². The topological polar surface area (TPSA) is 94.3 Å². The number of aromatic nitrogens is 2. The fraction of sp³-hybridized carbons (Fsp3) is 0.294. The molecule has 1 aliphatic carbocycles. The predicted molar refractivity (Wildman–Crippen MR) is 98.1 cm³/mol. The second kappa shape index (κ2) is 6.40. The maximum absolute atomic E-state index is 12.7. The zero-order chi connectivity index (χ0) is 18.3. The molecule has 0 spiro atoms. The molecule has 26 heavy (non-hydrogen) atoms. The number of benzene rings is 1. The molecule has 4 rings (SSSR count). The van der Waals surface area contributed by atoms with Crippen molar-refractivity contribution in [2.24, 2.45) is 0 Å². The van der Waals surface area contributed by atoms with E-state index in [2.05, 4.69) is 14.9 Å². The van der Waals surface area contributed by atoms with Gasteiger partial charge in [0.05, 0.1) is 18.4 Å². The fourth-order valence-electron chi connectivity index (χ4n) is 2.51. The molecule has 0 atom stereocenters. The molecule has 0 aliphatic heterocycles. The third-order valence-corrected chi connectivity index (χ3v) is 6.86. The number of hydrogen-bond acceptors (Lipinski definition) is 7. The van der Waals surface area contributed by atoms with Crippen LogP contribution in [0.2, 0.25) is 0 Å². The molecule has 1 saturated carbocycles. The first-order chi connectivity index (χ1) is 12.5. The quantitative estimate of drug-likeness (QED) is 0.687. The number of nitrogens with one attached hydrogen (secondary N) is 1. The minimum absolute atomic E-state index is 0.169. The first kappa shape index (κ1) is 17.0. The Bertz CT molecular complexity index is 1050. The van der Waals surface area contributed by atoms with Gasteiger partial charge in [-0.15, -0.1) is 21.5 Å². The molecule has 0 bridgehead atoms. The second-order valence-electron chi connectivity index (χ2n) is 6.18. The first-order valence-electron chi connectivity index (χ1n) is 8.06. The number of anilines is 1. The highest BCUT2D eigenvalue weighted by Crippen LogP contribution is 2.40. The van der Waals surface area contributed by atoms with Gasteiger partial charge in [0, 0.05) is 11.3 Å². The van der Waals surface area contributed by atoms with Crippen molar-refractivity contribution in [3.05, 3.63) is 41.1 Å². The lowest BCUT2D eigenvalue weighted by Crippen LogP contribution is -2.12. The molecule has 2 heterocycles. The summed E-state index contributed by atoms with van der Waals surface area (Å²) >= 11 is 1.10. The van der Waals surface area contributed by atoms with Crippen LogP contribution < -0.4 is 9.46 Å². The van der Waals surface area contributed by atoms with Crippen LogP contribution in [0.3, 0.4) is 0 Å². The summed E-state index contributed by atoms with van der Waals surface area (Å²) in [5.41, 5.74) is 1.93. The Hall–Kier alpha value is -2.39. The zero-order valence-electron chi connectivity index (χ0n) is 14.2. The van der Waals surface area contributed by atoms with Gasteiger partial charge < -0.3 is 9.15 Å². The van der Waals surface area contributed by atoms with Gasteiger partial charge in [0.15, 0.2) is 0 Å². The van der Waals surface area contributed by atoms with E-state index in [4.69, 9.17) is 9.15 Å². The Labute approximate surface area is 155 Å². The molecule has 1 fully saturated rings. The maximum atomic E-state index is 12.7. The summed E-state index contributed by atoms with van der Waals surface area (Å²) in [4.78, 5) is 0. The predicted octanol–water partition coefficient (Wildman–Crippen LogP) is 3.79. The van der Waals surface area contributed by atoms with Gasteiger partial charge in [-0.1, -0.05) is 6.07 Å². The molecule has 0 radical (unpaired) electrons. The molecule has 2 aromatic heterocycles. The van der Waals surface area contributed by atoms with Crippen LogP contribution >= 0.6 is 11.3 Å². The summed E-state index contributed by atoms with van der Waals surface area (Å²) in [6.07, 6.45) is 2.13. The van der Waals surface area contributed by atoms with Gasteiger partial charge in [-0.3, -0.25) is 4.72 Å². The normalized spacial score (nSPS) is 14.4. The molecule has 7 nitrogen and oxygen atoms in total. The first-order valence-corrected chi connectivity index (χ1v) is 10.4. The Balaban J connectivity index is 1.60. The van der Waals surface area contributed by atoms with Crippen LogP contribution in [0.15, 0.2) is 38.3 Å². The Morgan fingerprint density at radius 3 is 2.81 bits per heavy atom. The van der Waals surface area contributed by atoms with Crippen LogP contribution in [0.4, 0.5) is 5.69 Å². The highest BCUT2D eigenvalue weighted by atomic mass is 32.2. The summed E-state index contributed by atoms with van der Waals surface area (Å²) in [5.74, 6) is 1.78. The molecule has 0 unspecified atom stereocenters. The van der Waals surface area contributed by atoms with E-state index in [1.54, 1.807) is 23.6 Å². The third kappa shape index (κ3) is 3.32. The maximum Gasteiger partial charge on any atom is 0.271 e. The van der Waals surface area contributed by atoms with Crippen LogP contribution in [0.5, 0.6) is 5.75 Å². The lowest BCUT2D eigenvalue weighted by molar-refractivity contribution is 0.417. The third-order valence-electron chi connectivity index (χ3n) is 4.05. The minimum atomic E-state index is -3.75. The highest BCUT2D eigenvalue weighted by molar-refractivity contribution is 7.94. The summed E-state index contributed by atoms with van der Waals surface area (Å²) in [6.45, 7) is 1.88. The molecule has 1 N–H and O–H groups in total. The molecule has 9 heteroatoms. The van der Waals surface area contributed by atoms with Crippen LogP contribution in [0.1, 0.15) is 30.2 Å². The van der Waals surface area contributed by atoms with Crippen LogP contribution in [-0.4, -0.2) is 25.7 Å². The standard InChI is InChI=1S/C17H17N3O4S2/c1-10-3-6-14(23-2)13(7-10)20-26(21,22)15-8-12(9-25-15)17-19-18-16(24-17)11-4-5-11/h3,6-9,11,20H,4-5H2,1-2H3. The number of hydrogen-bond donors (Lipinski definition) is 1. The summed E-state index contributed by atoms with van der Waals surface area (Å²) < 4.78 is 39.1. The Morgan fingerprint density at radius 1 is 1.27 bits per heavy atom. The van der Waals surface area contributed by atoms with Gasteiger partial charge in [0.1, 0.15) is 9.96 Å². The number of ether oxygens (including phenoxy) is 1. The van der Waals surface area contributed by atoms with Crippen molar-refractivity contribution in [3.8, 4) is 17.2 Å². The van der Waals surface area contributed by atoms with E-state index < -0.39 is 10.0 Å². The number of rotatable bonds is 6. The summed E-state index contributed by atoms with van der Waals surface area (Å²) in [5, 5.41) is 9.75. The van der Waals surface area contributed by atoms with Gasteiger partial charge in [0.2, 0.25) is 11.8 Å². The van der Waals surface area contributed by atoms with E-state index in [1.807, 2.05) is 13.0 Å². The number of methoxy groups -OCH3 is 1. The van der Waals surface area contributed by atoms with Gasteiger partial charge in [-0.05, 0) is 43.5 Å². The number of nitrogens with zero attached hydrogens (tertiary/aromatic N) is 2. The SMILES string of the molecule is COc1ccc(C)cc1NS(=O)(=O)c1cc(-c2nnc(C3CC3)o2)cs1. The molecule has 0 amide bonds. The number of sulfonamides is 1. The molecular formula is C17H17N3O4S2. The smallest absolute Gasteiger partial charge is 0.271 e. The van der Waals surface area contributed by atoms with Crippen molar-refractivity contribution in [2.45, 2.75) is 29.9 Å². The van der Waals surface area contributed by atoms with Crippen molar-refractivity contribution < 1.29 is 17.6 Å². The average Bonchev–Trinajstić information content (AvgIpc) is 3.12. The highest BCUT2D eigenvalue weighted by Gasteiger charge is 2.30. The fourth-order valence-corrected chi connectivity index (χ4v) is 4.73. The average molecular weight is 391 g/mol. The molecule has 1 aliphatic rings. The monoisotopic (exact) mass is 391 g/mol. The van der Waals surface area contributed by atoms with Crippen molar-refractivity contribution in [3.63, 3.8) is 0 Å². The zero-order valence-corrected chi connectivity index (χ0v) is 15.9. The Kier molecular flexibility index (Phi) is 4.20. The minimum Gasteiger partial charge on any atom is -0.495 e. The van der Waals surface area contributed by atoms with E-state index in [9.17, 15) is 8.42 Å². The van der Waals surface area contributed by atoms with Gasteiger partial charge in [0.25, 0.3) is 10.0 Å². The van der Waals surface area contributed by atoms with E-state index in [1.165, 1.54) is 7.11 Å². The summed E-state index contributed by atoms with van der Waals surface area (Å²) in [6, 6.07) is 6.85. The van der Waals surface area contributed by atoms with Gasteiger partial charge >= 0.3 is 0 Å². The molecule has 136 valence electrons. The van der Waals surface area contributed by atoms with Crippen LogP contribution in [-0.2, 0) is 10.0 Å². The van der Waals surface area contributed by atoms with Crippen molar-refractivity contribution in [1.82, 2.24) is 10.2 Å².